The number of benzene rings is 1. The number of sulfonamides is 1. The Bertz CT molecular complexity index is 914. The van der Waals surface area contributed by atoms with Gasteiger partial charge in [0.05, 0.1) is 10.4 Å². The summed E-state index contributed by atoms with van der Waals surface area (Å²) >= 11 is 0. The second kappa shape index (κ2) is 8.86. The van der Waals surface area contributed by atoms with Crippen molar-refractivity contribution in [2.75, 3.05) is 46.8 Å². The Labute approximate surface area is 169 Å². The molecule has 1 aromatic heterocycles. The van der Waals surface area contributed by atoms with E-state index in [2.05, 4.69) is 16.8 Å². The van der Waals surface area contributed by atoms with Crippen molar-refractivity contribution < 1.29 is 8.42 Å². The molecule has 154 valence electrons. The highest BCUT2D eigenvalue weighted by Crippen LogP contribution is 2.28. The summed E-state index contributed by atoms with van der Waals surface area (Å²) in [5.74, 6) is 0. The molecule has 1 unspecified atom stereocenters. The van der Waals surface area contributed by atoms with Crippen molar-refractivity contribution in [1.29, 1.82) is 0 Å². The van der Waals surface area contributed by atoms with Gasteiger partial charge in [-0.05, 0) is 70.7 Å². The van der Waals surface area contributed by atoms with Gasteiger partial charge in [-0.25, -0.2) is 8.42 Å². The van der Waals surface area contributed by atoms with Crippen LogP contribution in [-0.2, 0) is 10.0 Å². The van der Waals surface area contributed by atoms with E-state index in [4.69, 9.17) is 0 Å². The maximum atomic E-state index is 13.7. The number of aromatic nitrogens is 1. The number of pyridine rings is 1. The summed E-state index contributed by atoms with van der Waals surface area (Å²) in [5.41, 5.74) is 1.74. The second-order valence-corrected chi connectivity index (χ2v) is 9.78. The Morgan fingerprint density at radius 1 is 1.21 bits per heavy atom. The van der Waals surface area contributed by atoms with Gasteiger partial charge in [-0.2, -0.15) is 4.31 Å². The van der Waals surface area contributed by atoms with E-state index >= 15 is 0 Å². The van der Waals surface area contributed by atoms with Crippen LogP contribution < -0.4 is 0 Å². The normalized spacial score (nSPS) is 18.6. The van der Waals surface area contributed by atoms with Crippen LogP contribution in [0.25, 0.3) is 10.9 Å². The average Bonchev–Trinajstić information content (AvgIpc) is 3.12. The first-order chi connectivity index (χ1) is 13.3. The van der Waals surface area contributed by atoms with Gasteiger partial charge in [0, 0.05) is 37.3 Å². The zero-order chi connectivity index (χ0) is 20.3. The predicted molar refractivity (Wildman–Crippen MR) is 114 cm³/mol. The number of hydrogen-bond donors (Lipinski definition) is 0. The van der Waals surface area contributed by atoms with Crippen LogP contribution in [0.4, 0.5) is 0 Å². The van der Waals surface area contributed by atoms with Crippen LogP contribution in [0.5, 0.6) is 0 Å². The van der Waals surface area contributed by atoms with Crippen LogP contribution in [0.2, 0.25) is 0 Å². The molecule has 0 N–H and O–H groups in total. The summed E-state index contributed by atoms with van der Waals surface area (Å²) in [7, 11) is 0.333. The van der Waals surface area contributed by atoms with Gasteiger partial charge in [0.1, 0.15) is 0 Å². The minimum Gasteiger partial charge on any atom is -0.308 e. The van der Waals surface area contributed by atoms with Crippen LogP contribution in [0, 0.1) is 6.92 Å². The average molecular weight is 405 g/mol. The molecule has 7 heteroatoms. The predicted octanol–water partition coefficient (Wildman–Crippen LogP) is 2.58. The van der Waals surface area contributed by atoms with Crippen LogP contribution in [0.3, 0.4) is 0 Å². The summed E-state index contributed by atoms with van der Waals surface area (Å²) < 4.78 is 29.1. The van der Waals surface area contributed by atoms with E-state index < -0.39 is 10.0 Å². The molecule has 28 heavy (non-hydrogen) atoms. The molecule has 0 aliphatic carbocycles. The maximum Gasteiger partial charge on any atom is 0.243 e. The van der Waals surface area contributed by atoms with E-state index in [-0.39, 0.29) is 6.04 Å². The summed E-state index contributed by atoms with van der Waals surface area (Å²) in [5, 5.41) is 0.705. The molecule has 2 heterocycles. The third-order valence-electron chi connectivity index (χ3n) is 5.67. The number of hydrogen-bond acceptors (Lipinski definition) is 5. The standard InChI is InChI=1S/C21H32N4O2S/c1-5-24-13-7-8-18(24)16-25(15-14-23(3)4)28(26,27)20-11-10-17(2)21-19(20)9-6-12-22-21/h6,9-12,18H,5,7-8,13-16H2,1-4H3. The summed E-state index contributed by atoms with van der Waals surface area (Å²) in [4.78, 5) is 9.21. The van der Waals surface area contributed by atoms with Crippen LogP contribution in [-0.4, -0.2) is 80.4 Å². The van der Waals surface area contributed by atoms with Crippen LogP contribution in [0.15, 0.2) is 35.4 Å². The third kappa shape index (κ3) is 4.38. The number of aryl methyl sites for hydroxylation is 1. The lowest BCUT2D eigenvalue weighted by Gasteiger charge is -2.30. The zero-order valence-electron chi connectivity index (χ0n) is 17.4. The summed E-state index contributed by atoms with van der Waals surface area (Å²) in [6.45, 7) is 7.85. The quantitative estimate of drug-likeness (QED) is 0.677. The molecule has 1 fully saturated rings. The molecule has 0 amide bonds. The fourth-order valence-electron chi connectivity index (χ4n) is 4.03. The molecule has 0 saturated carbocycles. The molecule has 0 bridgehead atoms. The molecule has 2 aromatic rings. The largest absolute Gasteiger partial charge is 0.308 e. The van der Waals surface area contributed by atoms with Crippen molar-refractivity contribution in [2.24, 2.45) is 0 Å². The van der Waals surface area contributed by atoms with E-state index in [1.54, 1.807) is 22.6 Å². The molecule has 1 atom stereocenters. The number of likely N-dealkylation sites (N-methyl/N-ethyl adjacent to an activating group) is 2. The third-order valence-corrected chi connectivity index (χ3v) is 7.59. The van der Waals surface area contributed by atoms with Gasteiger partial charge in [0.2, 0.25) is 10.0 Å². The lowest BCUT2D eigenvalue weighted by molar-refractivity contribution is 0.220. The zero-order valence-corrected chi connectivity index (χ0v) is 18.2. The maximum absolute atomic E-state index is 13.7. The summed E-state index contributed by atoms with van der Waals surface area (Å²) in [6.07, 6.45) is 3.91. The molecule has 1 aliphatic rings. The lowest BCUT2D eigenvalue weighted by Crippen LogP contribution is -2.45. The highest BCUT2D eigenvalue weighted by atomic mass is 32.2. The van der Waals surface area contributed by atoms with Crippen molar-refractivity contribution in [3.05, 3.63) is 36.0 Å². The van der Waals surface area contributed by atoms with Crippen LogP contribution >= 0.6 is 0 Å². The van der Waals surface area contributed by atoms with E-state index in [0.29, 0.717) is 29.9 Å². The fourth-order valence-corrected chi connectivity index (χ4v) is 5.68. The van der Waals surface area contributed by atoms with Gasteiger partial charge in [-0.1, -0.05) is 13.0 Å². The number of likely N-dealkylation sites (tertiary alicyclic amines) is 1. The van der Waals surface area contributed by atoms with Gasteiger partial charge in [0.25, 0.3) is 0 Å². The number of rotatable bonds is 8. The van der Waals surface area contributed by atoms with E-state index in [1.807, 2.05) is 38.1 Å². The first-order valence-corrected chi connectivity index (χ1v) is 11.5. The monoisotopic (exact) mass is 404 g/mol. The minimum absolute atomic E-state index is 0.289. The highest BCUT2D eigenvalue weighted by Gasteiger charge is 2.32. The van der Waals surface area contributed by atoms with Crippen molar-refractivity contribution in [3.8, 4) is 0 Å². The SMILES string of the molecule is CCN1CCCC1CN(CCN(C)C)S(=O)(=O)c1ccc(C)c2ncccc12. The van der Waals surface area contributed by atoms with Crippen molar-refractivity contribution >= 4 is 20.9 Å². The number of nitrogens with zero attached hydrogens (tertiary/aromatic N) is 4. The van der Waals surface area contributed by atoms with Gasteiger partial charge in [-0.15, -0.1) is 0 Å². The second-order valence-electron chi connectivity index (χ2n) is 7.87. The molecule has 0 radical (unpaired) electrons. The van der Waals surface area contributed by atoms with Gasteiger partial charge < -0.3 is 4.90 Å². The van der Waals surface area contributed by atoms with E-state index in [0.717, 1.165) is 37.0 Å². The number of fused-ring (bicyclic) bond motifs is 1. The topological polar surface area (TPSA) is 56.8 Å². The first-order valence-electron chi connectivity index (χ1n) is 10.1. The molecule has 6 nitrogen and oxygen atoms in total. The van der Waals surface area contributed by atoms with E-state index in [1.165, 1.54) is 0 Å². The minimum atomic E-state index is -3.62. The Hall–Kier alpha value is -1.54. The Morgan fingerprint density at radius 2 is 2.00 bits per heavy atom. The Morgan fingerprint density at radius 3 is 2.71 bits per heavy atom. The first kappa shape index (κ1) is 21.2. The lowest BCUT2D eigenvalue weighted by atomic mass is 10.1. The molecule has 1 saturated heterocycles. The molecular weight excluding hydrogens is 372 g/mol. The Kier molecular flexibility index (Phi) is 6.70. The highest BCUT2D eigenvalue weighted by molar-refractivity contribution is 7.89. The van der Waals surface area contributed by atoms with Gasteiger partial charge in [-0.3, -0.25) is 9.88 Å². The Balaban J connectivity index is 1.99. The summed E-state index contributed by atoms with van der Waals surface area (Å²) in [6, 6.07) is 7.56. The molecule has 1 aliphatic heterocycles. The van der Waals surface area contributed by atoms with E-state index in [9.17, 15) is 8.42 Å². The van der Waals surface area contributed by atoms with Crippen molar-refractivity contribution in [3.63, 3.8) is 0 Å². The van der Waals surface area contributed by atoms with Crippen LogP contribution in [0.1, 0.15) is 25.3 Å². The smallest absolute Gasteiger partial charge is 0.243 e. The van der Waals surface area contributed by atoms with Gasteiger partial charge in [0.15, 0.2) is 0 Å². The van der Waals surface area contributed by atoms with Gasteiger partial charge >= 0.3 is 0 Å². The molecular formula is C21H32N4O2S. The van der Waals surface area contributed by atoms with Crippen molar-refractivity contribution in [2.45, 2.75) is 37.6 Å². The molecule has 0 spiro atoms. The molecule has 1 aromatic carbocycles. The fraction of sp³-hybridized carbons (Fsp3) is 0.571. The molecule has 3 rings (SSSR count). The van der Waals surface area contributed by atoms with Crippen molar-refractivity contribution in [1.82, 2.24) is 19.1 Å².